The third kappa shape index (κ3) is 7.73. The summed E-state index contributed by atoms with van der Waals surface area (Å²) in [5, 5.41) is 59.6. The Balaban J connectivity index is 2.59. The van der Waals surface area contributed by atoms with Crippen LogP contribution in [0.15, 0.2) is 24.3 Å². The molecule has 1 aliphatic heterocycles. The minimum Gasteiger partial charge on any atom is -0.394 e. The van der Waals surface area contributed by atoms with E-state index in [9.17, 15) is 30.6 Å². The first kappa shape index (κ1) is 26.2. The van der Waals surface area contributed by atoms with Gasteiger partial charge < -0.3 is 40.1 Å². The fraction of sp³-hybridized carbons (Fsp3) is 0.810. The zero-order valence-corrected chi connectivity index (χ0v) is 17.9. The van der Waals surface area contributed by atoms with Crippen molar-refractivity contribution in [1.82, 2.24) is 0 Å². The molecular formula is C21H38O8. The van der Waals surface area contributed by atoms with E-state index in [1.54, 1.807) is 20.8 Å². The van der Waals surface area contributed by atoms with Gasteiger partial charge in [-0.15, -0.1) is 6.58 Å². The molecule has 1 fully saturated rings. The van der Waals surface area contributed by atoms with E-state index in [1.807, 2.05) is 13.0 Å². The molecule has 1 saturated heterocycles. The third-order valence-electron chi connectivity index (χ3n) is 5.47. The lowest BCUT2D eigenvalue weighted by molar-refractivity contribution is -0.331. The smallest absolute Gasteiger partial charge is 0.187 e. The van der Waals surface area contributed by atoms with Crippen LogP contribution in [0.3, 0.4) is 0 Å². The highest BCUT2D eigenvalue weighted by molar-refractivity contribution is 5.02. The maximum atomic E-state index is 10.6. The van der Waals surface area contributed by atoms with Crippen LogP contribution in [-0.2, 0) is 9.47 Å². The molecule has 1 rings (SSSR count). The van der Waals surface area contributed by atoms with Crippen LogP contribution < -0.4 is 0 Å². The molecule has 6 N–H and O–H groups in total. The molecule has 8 heteroatoms. The van der Waals surface area contributed by atoms with Crippen molar-refractivity contribution in [3.63, 3.8) is 0 Å². The SMILES string of the molecule is C=CC(C)(O)CCC=C(C)CCC(O)C(C)(C)OC1OC(CO)C(O)C(O)C1O. The molecule has 0 spiro atoms. The van der Waals surface area contributed by atoms with Crippen LogP contribution in [0.2, 0.25) is 0 Å². The summed E-state index contributed by atoms with van der Waals surface area (Å²) in [6, 6.07) is 0. The molecular weight excluding hydrogens is 380 g/mol. The number of hydrogen-bond donors (Lipinski definition) is 6. The lowest BCUT2D eigenvalue weighted by Gasteiger charge is -2.43. The van der Waals surface area contributed by atoms with Gasteiger partial charge in [-0.05, 0) is 53.4 Å². The van der Waals surface area contributed by atoms with Crippen LogP contribution >= 0.6 is 0 Å². The van der Waals surface area contributed by atoms with Crippen molar-refractivity contribution < 1.29 is 40.1 Å². The highest BCUT2D eigenvalue weighted by Crippen LogP contribution is 2.29. The molecule has 7 unspecified atom stereocenters. The van der Waals surface area contributed by atoms with Crippen molar-refractivity contribution in [3.05, 3.63) is 24.3 Å². The van der Waals surface area contributed by atoms with Crippen LogP contribution in [0.4, 0.5) is 0 Å². The van der Waals surface area contributed by atoms with Gasteiger partial charge in [0.1, 0.15) is 24.4 Å². The molecule has 1 aliphatic rings. The molecule has 0 amide bonds. The van der Waals surface area contributed by atoms with E-state index in [0.29, 0.717) is 25.7 Å². The molecule has 0 bridgehead atoms. The van der Waals surface area contributed by atoms with Gasteiger partial charge in [0.25, 0.3) is 0 Å². The van der Waals surface area contributed by atoms with Gasteiger partial charge in [-0.2, -0.15) is 0 Å². The van der Waals surface area contributed by atoms with Crippen molar-refractivity contribution in [2.45, 2.75) is 101 Å². The third-order valence-corrected chi connectivity index (χ3v) is 5.47. The average molecular weight is 419 g/mol. The summed E-state index contributed by atoms with van der Waals surface area (Å²) >= 11 is 0. The molecule has 0 saturated carbocycles. The summed E-state index contributed by atoms with van der Waals surface area (Å²) in [4.78, 5) is 0. The highest BCUT2D eigenvalue weighted by Gasteiger charge is 2.46. The summed E-state index contributed by atoms with van der Waals surface area (Å²) < 4.78 is 11.1. The van der Waals surface area contributed by atoms with Crippen LogP contribution in [0.25, 0.3) is 0 Å². The first-order valence-electron chi connectivity index (χ1n) is 10.0. The van der Waals surface area contributed by atoms with Crippen LogP contribution in [0.5, 0.6) is 0 Å². The average Bonchev–Trinajstić information content (AvgIpc) is 2.66. The number of ether oxygens (including phenoxy) is 2. The van der Waals surface area contributed by atoms with E-state index < -0.39 is 54.6 Å². The molecule has 0 aliphatic carbocycles. The molecule has 29 heavy (non-hydrogen) atoms. The first-order chi connectivity index (χ1) is 13.3. The van der Waals surface area contributed by atoms with Crippen molar-refractivity contribution in [3.8, 4) is 0 Å². The number of aliphatic hydroxyl groups is 6. The quantitative estimate of drug-likeness (QED) is 0.265. The Labute approximate surface area is 173 Å². The molecule has 1 heterocycles. The number of hydrogen-bond acceptors (Lipinski definition) is 8. The van der Waals surface area contributed by atoms with Crippen molar-refractivity contribution in [2.24, 2.45) is 0 Å². The maximum Gasteiger partial charge on any atom is 0.187 e. The van der Waals surface area contributed by atoms with E-state index in [2.05, 4.69) is 6.58 Å². The van der Waals surface area contributed by atoms with E-state index >= 15 is 0 Å². The van der Waals surface area contributed by atoms with E-state index in [1.165, 1.54) is 6.08 Å². The van der Waals surface area contributed by atoms with Gasteiger partial charge in [0, 0.05) is 0 Å². The maximum absolute atomic E-state index is 10.6. The molecule has 170 valence electrons. The largest absolute Gasteiger partial charge is 0.394 e. The van der Waals surface area contributed by atoms with Crippen LogP contribution in [-0.4, -0.2) is 85.3 Å². The zero-order chi connectivity index (χ0) is 22.4. The number of allylic oxidation sites excluding steroid dienone is 2. The van der Waals surface area contributed by atoms with Gasteiger partial charge in [0.05, 0.1) is 23.9 Å². The Morgan fingerprint density at radius 2 is 1.79 bits per heavy atom. The zero-order valence-electron chi connectivity index (χ0n) is 17.9. The lowest BCUT2D eigenvalue weighted by atomic mass is 9.93. The highest BCUT2D eigenvalue weighted by atomic mass is 16.7. The van der Waals surface area contributed by atoms with Crippen LogP contribution in [0, 0.1) is 0 Å². The molecule has 8 nitrogen and oxygen atoms in total. The normalized spacial score (nSPS) is 31.9. The summed E-state index contributed by atoms with van der Waals surface area (Å²) in [5.41, 5.74) is -0.953. The summed E-state index contributed by atoms with van der Waals surface area (Å²) in [6.45, 7) is 9.98. The van der Waals surface area contributed by atoms with Crippen molar-refractivity contribution in [1.29, 1.82) is 0 Å². The second-order valence-corrected chi connectivity index (χ2v) is 8.62. The minimum atomic E-state index is -1.53. The number of aliphatic hydroxyl groups excluding tert-OH is 5. The van der Waals surface area contributed by atoms with Crippen LogP contribution in [0.1, 0.15) is 53.4 Å². The van der Waals surface area contributed by atoms with Crippen molar-refractivity contribution >= 4 is 0 Å². The molecule has 0 aromatic carbocycles. The van der Waals surface area contributed by atoms with E-state index in [0.717, 1.165) is 5.57 Å². The topological polar surface area (TPSA) is 140 Å². The second-order valence-electron chi connectivity index (χ2n) is 8.62. The monoisotopic (exact) mass is 418 g/mol. The minimum absolute atomic E-state index is 0.393. The number of rotatable bonds is 11. The molecule has 0 radical (unpaired) electrons. The molecule has 0 aromatic rings. The summed E-state index contributed by atoms with van der Waals surface area (Å²) in [5.74, 6) is 0. The van der Waals surface area contributed by atoms with Gasteiger partial charge in [0.2, 0.25) is 0 Å². The van der Waals surface area contributed by atoms with E-state index in [4.69, 9.17) is 9.47 Å². The summed E-state index contributed by atoms with van der Waals surface area (Å²) in [7, 11) is 0. The van der Waals surface area contributed by atoms with Gasteiger partial charge in [-0.1, -0.05) is 17.7 Å². The predicted molar refractivity (Wildman–Crippen MR) is 108 cm³/mol. The van der Waals surface area contributed by atoms with Gasteiger partial charge in [-0.25, -0.2) is 0 Å². The van der Waals surface area contributed by atoms with Gasteiger partial charge in [-0.3, -0.25) is 0 Å². The Morgan fingerprint density at radius 1 is 1.17 bits per heavy atom. The first-order valence-corrected chi connectivity index (χ1v) is 10.0. The van der Waals surface area contributed by atoms with Gasteiger partial charge in [0.15, 0.2) is 6.29 Å². The Bertz CT molecular complexity index is 543. The fourth-order valence-corrected chi connectivity index (χ4v) is 3.07. The molecule has 7 atom stereocenters. The Morgan fingerprint density at radius 3 is 2.34 bits per heavy atom. The standard InChI is InChI=1S/C21H38O8/c1-6-21(5,27)11-7-8-13(2)9-10-15(23)20(3,4)29-19-18(26)17(25)16(24)14(12-22)28-19/h6,8,14-19,22-27H,1,7,9-12H2,2-5H3. The lowest BCUT2D eigenvalue weighted by Crippen LogP contribution is -2.61. The van der Waals surface area contributed by atoms with Gasteiger partial charge >= 0.3 is 0 Å². The van der Waals surface area contributed by atoms with E-state index in [-0.39, 0.29) is 0 Å². The van der Waals surface area contributed by atoms with Crippen molar-refractivity contribution in [2.75, 3.05) is 6.61 Å². The predicted octanol–water partition coefficient (Wildman–Crippen LogP) is 0.386. The summed E-state index contributed by atoms with van der Waals surface area (Å²) in [6.07, 6.45) is -1.99. The Kier molecular flexibility index (Phi) is 9.91. The Hall–Kier alpha value is -0.840. The fourth-order valence-electron chi connectivity index (χ4n) is 3.07. The molecule has 0 aromatic heterocycles. The second kappa shape index (κ2) is 11.0.